The van der Waals surface area contributed by atoms with Crippen LogP contribution in [-0.2, 0) is 9.59 Å². The standard InChI is InChI=1S/C22H28N4O5/c1-12-16(13(2)24-23-12)19(27)17-18(14-8-7-9-15(30-5)21(14)31-6)26(11-10-25(3)4)22(29)20(17)28/h7-9,18,27H,10-11H2,1-6H3,(H,23,24)/t18-/m0/s1. The van der Waals surface area contributed by atoms with E-state index in [2.05, 4.69) is 10.2 Å². The minimum atomic E-state index is -0.835. The van der Waals surface area contributed by atoms with E-state index < -0.39 is 17.7 Å². The number of likely N-dealkylation sites (tertiary alicyclic amines) is 1. The topological polar surface area (TPSA) is 108 Å². The molecule has 1 aliphatic rings. The number of aliphatic hydroxyl groups is 1. The number of hydrogen-bond donors (Lipinski definition) is 2. The van der Waals surface area contributed by atoms with E-state index in [1.165, 1.54) is 19.1 Å². The first-order valence-electron chi connectivity index (χ1n) is 9.88. The predicted octanol–water partition coefficient (Wildman–Crippen LogP) is 2.03. The number of amides is 1. The summed E-state index contributed by atoms with van der Waals surface area (Å²) >= 11 is 0. The molecule has 2 aromatic rings. The van der Waals surface area contributed by atoms with E-state index in [1.807, 2.05) is 19.0 Å². The average molecular weight is 428 g/mol. The highest BCUT2D eigenvalue weighted by atomic mass is 16.5. The van der Waals surface area contributed by atoms with Crippen LogP contribution in [0, 0.1) is 13.8 Å². The molecule has 1 saturated heterocycles. The van der Waals surface area contributed by atoms with E-state index in [-0.39, 0.29) is 11.3 Å². The second-order valence-corrected chi connectivity index (χ2v) is 7.69. The molecule has 0 aliphatic carbocycles. The largest absolute Gasteiger partial charge is 0.507 e. The molecule has 1 aromatic heterocycles. The van der Waals surface area contributed by atoms with Crippen LogP contribution in [0.3, 0.4) is 0 Å². The number of ketones is 1. The van der Waals surface area contributed by atoms with Gasteiger partial charge < -0.3 is 24.4 Å². The lowest BCUT2D eigenvalue weighted by molar-refractivity contribution is -0.140. The Balaban J connectivity index is 2.28. The smallest absolute Gasteiger partial charge is 0.295 e. The van der Waals surface area contributed by atoms with Gasteiger partial charge in [0.1, 0.15) is 5.76 Å². The summed E-state index contributed by atoms with van der Waals surface area (Å²) in [5.74, 6) is -0.806. The fraction of sp³-hybridized carbons (Fsp3) is 0.409. The molecular weight excluding hydrogens is 400 g/mol. The molecule has 2 N–H and O–H groups in total. The number of aryl methyl sites for hydroxylation is 2. The van der Waals surface area contributed by atoms with Crippen molar-refractivity contribution in [2.45, 2.75) is 19.9 Å². The molecule has 1 aliphatic heterocycles. The highest BCUT2D eigenvalue weighted by Crippen LogP contribution is 2.45. The van der Waals surface area contributed by atoms with E-state index in [0.717, 1.165) is 0 Å². The second-order valence-electron chi connectivity index (χ2n) is 7.69. The van der Waals surface area contributed by atoms with Gasteiger partial charge >= 0.3 is 0 Å². The number of Topliss-reactive ketones (excluding diaryl/α,β-unsaturated/α-hetero) is 1. The van der Waals surface area contributed by atoms with Gasteiger partial charge in [0.05, 0.1) is 37.1 Å². The lowest BCUT2D eigenvalue weighted by atomic mass is 9.94. The maximum Gasteiger partial charge on any atom is 0.295 e. The first-order valence-corrected chi connectivity index (χ1v) is 9.88. The number of ether oxygens (including phenoxy) is 2. The van der Waals surface area contributed by atoms with Gasteiger partial charge in [-0.3, -0.25) is 14.7 Å². The summed E-state index contributed by atoms with van der Waals surface area (Å²) in [4.78, 5) is 29.5. The molecule has 0 unspecified atom stereocenters. The number of nitrogens with one attached hydrogen (secondary N) is 1. The molecule has 0 spiro atoms. The summed E-state index contributed by atoms with van der Waals surface area (Å²) in [6.45, 7) is 4.31. The predicted molar refractivity (Wildman–Crippen MR) is 115 cm³/mol. The Hall–Kier alpha value is -3.33. The van der Waals surface area contributed by atoms with Gasteiger partial charge in [-0.2, -0.15) is 5.10 Å². The third kappa shape index (κ3) is 3.88. The summed E-state index contributed by atoms with van der Waals surface area (Å²) in [6, 6.07) is 4.43. The van der Waals surface area contributed by atoms with E-state index in [1.54, 1.807) is 32.0 Å². The van der Waals surface area contributed by atoms with Gasteiger partial charge in [0.25, 0.3) is 11.7 Å². The van der Waals surface area contributed by atoms with Crippen LogP contribution >= 0.6 is 0 Å². The van der Waals surface area contributed by atoms with E-state index in [4.69, 9.17) is 9.47 Å². The number of H-pyrrole nitrogens is 1. The van der Waals surface area contributed by atoms with E-state index in [9.17, 15) is 14.7 Å². The molecular formula is C22H28N4O5. The highest BCUT2D eigenvalue weighted by Gasteiger charge is 2.47. The summed E-state index contributed by atoms with van der Waals surface area (Å²) in [6.07, 6.45) is 0. The SMILES string of the molecule is COc1cccc([C@H]2C(=C(O)c3c(C)n[nH]c3C)C(=O)C(=O)N2CCN(C)C)c1OC. The fourth-order valence-corrected chi connectivity index (χ4v) is 3.90. The number of benzene rings is 1. The molecule has 9 nitrogen and oxygen atoms in total. The average Bonchev–Trinajstić information content (AvgIpc) is 3.21. The Labute approximate surface area is 181 Å². The molecule has 31 heavy (non-hydrogen) atoms. The summed E-state index contributed by atoms with van der Waals surface area (Å²) in [5, 5.41) is 18.1. The number of para-hydroxylation sites is 1. The number of nitrogens with zero attached hydrogens (tertiary/aromatic N) is 3. The normalized spacial score (nSPS) is 18.2. The fourth-order valence-electron chi connectivity index (χ4n) is 3.90. The molecule has 1 atom stereocenters. The van der Waals surface area contributed by atoms with Crippen molar-refractivity contribution < 1.29 is 24.2 Å². The maximum absolute atomic E-state index is 13.1. The lowest BCUT2D eigenvalue weighted by Gasteiger charge is -2.28. The van der Waals surface area contributed by atoms with Crippen molar-refractivity contribution in [1.29, 1.82) is 0 Å². The quantitative estimate of drug-likeness (QED) is 0.395. The number of rotatable bonds is 7. The van der Waals surface area contributed by atoms with Crippen LogP contribution in [-0.4, -0.2) is 78.2 Å². The second kappa shape index (κ2) is 8.81. The molecule has 1 aromatic carbocycles. The van der Waals surface area contributed by atoms with Crippen LogP contribution in [0.2, 0.25) is 0 Å². The Kier molecular flexibility index (Phi) is 6.35. The van der Waals surface area contributed by atoms with Crippen molar-refractivity contribution in [3.8, 4) is 11.5 Å². The van der Waals surface area contributed by atoms with Crippen molar-refractivity contribution in [2.24, 2.45) is 0 Å². The summed E-state index contributed by atoms with van der Waals surface area (Å²) < 4.78 is 11.0. The van der Waals surface area contributed by atoms with Crippen LogP contribution in [0.4, 0.5) is 0 Å². The zero-order valence-corrected chi connectivity index (χ0v) is 18.6. The molecule has 0 bridgehead atoms. The number of carbonyl (C=O) groups excluding carboxylic acids is 2. The number of methoxy groups -OCH3 is 2. The third-order valence-electron chi connectivity index (χ3n) is 5.42. The monoisotopic (exact) mass is 428 g/mol. The minimum Gasteiger partial charge on any atom is -0.507 e. The summed E-state index contributed by atoms with van der Waals surface area (Å²) in [5.41, 5.74) is 2.11. The molecule has 3 rings (SSSR count). The lowest BCUT2D eigenvalue weighted by Crippen LogP contribution is -2.35. The van der Waals surface area contributed by atoms with Crippen LogP contribution < -0.4 is 9.47 Å². The highest BCUT2D eigenvalue weighted by molar-refractivity contribution is 6.46. The van der Waals surface area contributed by atoms with Crippen LogP contribution in [0.25, 0.3) is 5.76 Å². The molecule has 1 fully saturated rings. The minimum absolute atomic E-state index is 0.00269. The number of aromatic nitrogens is 2. The van der Waals surface area contributed by atoms with Gasteiger partial charge in [0.2, 0.25) is 0 Å². The van der Waals surface area contributed by atoms with Crippen molar-refractivity contribution in [1.82, 2.24) is 20.0 Å². The van der Waals surface area contributed by atoms with Gasteiger partial charge in [-0.25, -0.2) is 0 Å². The van der Waals surface area contributed by atoms with Gasteiger partial charge in [0.15, 0.2) is 11.5 Å². The number of carbonyl (C=O) groups is 2. The third-order valence-corrected chi connectivity index (χ3v) is 5.42. The van der Waals surface area contributed by atoms with E-state index in [0.29, 0.717) is 47.1 Å². The van der Waals surface area contributed by atoms with Crippen molar-refractivity contribution in [3.63, 3.8) is 0 Å². The van der Waals surface area contributed by atoms with E-state index >= 15 is 0 Å². The molecule has 2 heterocycles. The molecule has 1 amide bonds. The van der Waals surface area contributed by atoms with Crippen LogP contribution in [0.5, 0.6) is 11.5 Å². The van der Waals surface area contributed by atoms with Crippen molar-refractivity contribution in [2.75, 3.05) is 41.4 Å². The maximum atomic E-state index is 13.1. The molecule has 0 saturated carbocycles. The van der Waals surface area contributed by atoms with Gasteiger partial charge in [-0.1, -0.05) is 12.1 Å². The zero-order chi connectivity index (χ0) is 22.9. The number of aromatic amines is 1. The van der Waals surface area contributed by atoms with Crippen molar-refractivity contribution in [3.05, 3.63) is 46.3 Å². The number of hydrogen-bond acceptors (Lipinski definition) is 7. The first kappa shape index (κ1) is 22.4. The van der Waals surface area contributed by atoms with Crippen LogP contribution in [0.1, 0.15) is 28.6 Å². The van der Waals surface area contributed by atoms with Crippen LogP contribution in [0.15, 0.2) is 23.8 Å². The Bertz CT molecular complexity index is 1020. The Morgan fingerprint density at radius 1 is 1.23 bits per heavy atom. The Morgan fingerprint density at radius 2 is 1.94 bits per heavy atom. The number of likely N-dealkylation sites (N-methyl/N-ethyl adjacent to an activating group) is 1. The van der Waals surface area contributed by atoms with Gasteiger partial charge in [-0.15, -0.1) is 0 Å². The molecule has 9 heteroatoms. The Morgan fingerprint density at radius 3 is 2.48 bits per heavy atom. The molecule has 0 radical (unpaired) electrons. The number of aliphatic hydroxyl groups excluding tert-OH is 1. The van der Waals surface area contributed by atoms with Crippen molar-refractivity contribution >= 4 is 17.4 Å². The zero-order valence-electron chi connectivity index (χ0n) is 18.6. The molecule has 166 valence electrons. The van der Waals surface area contributed by atoms with Gasteiger partial charge in [-0.05, 0) is 34.0 Å². The summed E-state index contributed by atoms with van der Waals surface area (Å²) in [7, 11) is 6.78. The first-order chi connectivity index (χ1) is 14.7. The van der Waals surface area contributed by atoms with Gasteiger partial charge in [0, 0.05) is 24.3 Å².